The smallest absolute Gasteiger partial charge is 0.320 e. The summed E-state index contributed by atoms with van der Waals surface area (Å²) in [6.07, 6.45) is 4.16. The Morgan fingerprint density at radius 3 is 3.07 bits per heavy atom. The average molecular weight is 229 g/mol. The van der Waals surface area contributed by atoms with Crippen molar-refractivity contribution >= 4 is 17.7 Å². The fourth-order valence-corrected chi connectivity index (χ4v) is 1.66. The van der Waals surface area contributed by atoms with Crippen molar-refractivity contribution in [2.75, 3.05) is 12.0 Å². The first-order chi connectivity index (χ1) is 7.24. The topological polar surface area (TPSA) is 62.5 Å². The van der Waals surface area contributed by atoms with Crippen LogP contribution in [-0.2, 0) is 11.3 Å². The molecule has 0 radical (unpaired) electrons. The summed E-state index contributed by atoms with van der Waals surface area (Å²) >= 11 is 1.64. The van der Waals surface area contributed by atoms with Crippen LogP contribution in [0, 0.1) is 0 Å². The van der Waals surface area contributed by atoms with Gasteiger partial charge in [-0.05, 0) is 30.6 Å². The molecule has 0 saturated heterocycles. The monoisotopic (exact) mass is 229 g/mol. The first-order valence-electron chi connectivity index (χ1n) is 4.71. The largest absolute Gasteiger partial charge is 0.480 e. The zero-order valence-corrected chi connectivity index (χ0v) is 9.42. The molecule has 5 heteroatoms. The minimum atomic E-state index is -0.810. The maximum Gasteiger partial charge on any atom is 0.320 e. The molecular formula is C10H15NO3S. The van der Waals surface area contributed by atoms with Crippen LogP contribution in [0.3, 0.4) is 0 Å². The van der Waals surface area contributed by atoms with E-state index < -0.39 is 12.0 Å². The quantitative estimate of drug-likeness (QED) is 0.743. The molecule has 4 nitrogen and oxygen atoms in total. The van der Waals surface area contributed by atoms with E-state index in [4.69, 9.17) is 9.52 Å². The Morgan fingerprint density at radius 2 is 2.53 bits per heavy atom. The summed E-state index contributed by atoms with van der Waals surface area (Å²) in [5.41, 5.74) is 0. The Hall–Kier alpha value is -0.940. The van der Waals surface area contributed by atoms with Crippen LogP contribution in [-0.4, -0.2) is 29.1 Å². The van der Waals surface area contributed by atoms with Crippen molar-refractivity contribution in [1.29, 1.82) is 0 Å². The number of rotatable bonds is 7. The number of carboxylic acid groups (broad SMARTS) is 1. The molecule has 2 N–H and O–H groups in total. The highest BCUT2D eigenvalue weighted by Gasteiger charge is 2.16. The molecule has 0 fully saturated rings. The predicted octanol–water partition coefficient (Wildman–Crippen LogP) is 1.58. The van der Waals surface area contributed by atoms with Gasteiger partial charge in [0.15, 0.2) is 0 Å². The molecule has 0 aliphatic carbocycles. The van der Waals surface area contributed by atoms with E-state index in [9.17, 15) is 4.79 Å². The lowest BCUT2D eigenvalue weighted by molar-refractivity contribution is -0.139. The lowest BCUT2D eigenvalue weighted by Gasteiger charge is -2.12. The molecule has 0 spiro atoms. The van der Waals surface area contributed by atoms with Gasteiger partial charge in [-0.3, -0.25) is 10.1 Å². The van der Waals surface area contributed by atoms with Crippen LogP contribution in [0.15, 0.2) is 22.8 Å². The Morgan fingerprint density at radius 1 is 1.73 bits per heavy atom. The molecule has 0 saturated carbocycles. The number of aliphatic carboxylic acids is 1. The van der Waals surface area contributed by atoms with Crippen LogP contribution in [0.25, 0.3) is 0 Å². The number of thioether (sulfide) groups is 1. The van der Waals surface area contributed by atoms with Crippen molar-refractivity contribution in [3.05, 3.63) is 24.2 Å². The Labute approximate surface area is 93.0 Å². The van der Waals surface area contributed by atoms with Gasteiger partial charge in [-0.25, -0.2) is 0 Å². The summed E-state index contributed by atoms with van der Waals surface area (Å²) in [4.78, 5) is 10.9. The number of hydrogen-bond donors (Lipinski definition) is 2. The van der Waals surface area contributed by atoms with Crippen molar-refractivity contribution in [3.8, 4) is 0 Å². The normalized spacial score (nSPS) is 12.6. The molecule has 84 valence electrons. The molecule has 0 aromatic carbocycles. The highest BCUT2D eigenvalue weighted by atomic mass is 32.2. The minimum absolute atomic E-state index is 0.457. The Balaban J connectivity index is 2.34. The second kappa shape index (κ2) is 6.53. The van der Waals surface area contributed by atoms with Crippen LogP contribution in [0.4, 0.5) is 0 Å². The van der Waals surface area contributed by atoms with Crippen molar-refractivity contribution in [2.45, 2.75) is 19.0 Å². The number of hydrogen-bond acceptors (Lipinski definition) is 4. The van der Waals surface area contributed by atoms with E-state index in [1.165, 1.54) is 0 Å². The molecule has 1 heterocycles. The maximum absolute atomic E-state index is 10.9. The molecule has 0 amide bonds. The van der Waals surface area contributed by atoms with Gasteiger partial charge in [0.05, 0.1) is 12.8 Å². The zero-order chi connectivity index (χ0) is 11.1. The van der Waals surface area contributed by atoms with Gasteiger partial charge in [0.25, 0.3) is 0 Å². The summed E-state index contributed by atoms with van der Waals surface area (Å²) < 4.78 is 5.11. The van der Waals surface area contributed by atoms with Crippen LogP contribution in [0.2, 0.25) is 0 Å². The molecule has 1 unspecified atom stereocenters. The SMILES string of the molecule is CSCCC(NCc1ccco1)C(=O)O. The zero-order valence-electron chi connectivity index (χ0n) is 8.60. The molecule has 1 atom stereocenters. The molecule has 15 heavy (non-hydrogen) atoms. The van der Waals surface area contributed by atoms with E-state index in [0.717, 1.165) is 11.5 Å². The summed E-state index contributed by atoms with van der Waals surface area (Å²) in [6, 6.07) is 3.11. The van der Waals surface area contributed by atoms with Crippen molar-refractivity contribution in [3.63, 3.8) is 0 Å². The number of carboxylic acids is 1. The highest BCUT2D eigenvalue weighted by Crippen LogP contribution is 2.04. The van der Waals surface area contributed by atoms with Crippen molar-refractivity contribution < 1.29 is 14.3 Å². The van der Waals surface area contributed by atoms with Crippen LogP contribution in [0.5, 0.6) is 0 Å². The van der Waals surface area contributed by atoms with Gasteiger partial charge in [-0.15, -0.1) is 0 Å². The van der Waals surface area contributed by atoms with Gasteiger partial charge in [0, 0.05) is 0 Å². The van der Waals surface area contributed by atoms with Gasteiger partial charge in [0.2, 0.25) is 0 Å². The van der Waals surface area contributed by atoms with Gasteiger partial charge in [0.1, 0.15) is 11.8 Å². The van der Waals surface area contributed by atoms with Crippen molar-refractivity contribution in [1.82, 2.24) is 5.32 Å². The third-order valence-corrected chi connectivity index (χ3v) is 2.66. The maximum atomic E-state index is 10.9. The first-order valence-corrected chi connectivity index (χ1v) is 6.11. The van der Waals surface area contributed by atoms with E-state index in [0.29, 0.717) is 13.0 Å². The molecule has 1 rings (SSSR count). The summed E-state index contributed by atoms with van der Waals surface area (Å²) in [5, 5.41) is 11.9. The van der Waals surface area contributed by atoms with E-state index in [-0.39, 0.29) is 0 Å². The van der Waals surface area contributed by atoms with E-state index >= 15 is 0 Å². The third kappa shape index (κ3) is 4.40. The lowest BCUT2D eigenvalue weighted by atomic mass is 10.2. The van der Waals surface area contributed by atoms with Crippen LogP contribution >= 0.6 is 11.8 Å². The molecule has 1 aromatic heterocycles. The Kier molecular flexibility index (Phi) is 5.28. The van der Waals surface area contributed by atoms with Gasteiger partial charge in [-0.1, -0.05) is 0 Å². The second-order valence-corrected chi connectivity index (χ2v) is 4.12. The minimum Gasteiger partial charge on any atom is -0.480 e. The van der Waals surface area contributed by atoms with Crippen LogP contribution < -0.4 is 5.32 Å². The van der Waals surface area contributed by atoms with Crippen molar-refractivity contribution in [2.24, 2.45) is 0 Å². The van der Waals surface area contributed by atoms with E-state index in [1.807, 2.05) is 12.3 Å². The molecule has 0 aliphatic rings. The highest BCUT2D eigenvalue weighted by molar-refractivity contribution is 7.98. The molecule has 1 aromatic rings. The van der Waals surface area contributed by atoms with E-state index in [1.54, 1.807) is 24.1 Å². The first kappa shape index (κ1) is 12.1. The number of furan rings is 1. The van der Waals surface area contributed by atoms with E-state index in [2.05, 4.69) is 5.32 Å². The molecule has 0 bridgehead atoms. The van der Waals surface area contributed by atoms with Gasteiger partial charge in [-0.2, -0.15) is 11.8 Å². The third-order valence-electron chi connectivity index (χ3n) is 2.01. The molecule has 0 aliphatic heterocycles. The van der Waals surface area contributed by atoms with Crippen LogP contribution in [0.1, 0.15) is 12.2 Å². The number of nitrogens with one attached hydrogen (secondary N) is 1. The average Bonchev–Trinajstić information content (AvgIpc) is 2.70. The summed E-state index contributed by atoms with van der Waals surface area (Å²) in [6.45, 7) is 0.457. The summed E-state index contributed by atoms with van der Waals surface area (Å²) in [5.74, 6) is 0.781. The van der Waals surface area contributed by atoms with Gasteiger partial charge >= 0.3 is 5.97 Å². The molecular weight excluding hydrogens is 214 g/mol. The second-order valence-electron chi connectivity index (χ2n) is 3.13. The summed E-state index contributed by atoms with van der Waals surface area (Å²) in [7, 11) is 0. The fraction of sp³-hybridized carbons (Fsp3) is 0.500. The predicted molar refractivity (Wildman–Crippen MR) is 60.0 cm³/mol. The Bertz CT molecular complexity index is 287. The number of carbonyl (C=O) groups is 1. The fourth-order valence-electron chi connectivity index (χ4n) is 1.19. The standard InChI is InChI=1S/C10H15NO3S/c1-15-6-4-9(10(12)13)11-7-8-3-2-5-14-8/h2-3,5,9,11H,4,6-7H2,1H3,(H,12,13). The lowest BCUT2D eigenvalue weighted by Crippen LogP contribution is -2.36. The van der Waals surface area contributed by atoms with Gasteiger partial charge < -0.3 is 9.52 Å².